The fraction of sp³-hybridized carbons (Fsp3) is 0.190. The van der Waals surface area contributed by atoms with Crippen LogP contribution in [-0.2, 0) is 4.79 Å². The van der Waals surface area contributed by atoms with Gasteiger partial charge in [0.15, 0.2) is 0 Å². The molecule has 0 unspecified atom stereocenters. The van der Waals surface area contributed by atoms with Crippen molar-refractivity contribution in [2.24, 2.45) is 0 Å². The highest BCUT2D eigenvalue weighted by Gasteiger charge is 2.14. The van der Waals surface area contributed by atoms with Crippen molar-refractivity contribution in [3.05, 3.63) is 64.0 Å². The average Bonchev–Trinajstić information content (AvgIpc) is 3.38. The minimum atomic E-state index is -0.123. The molecule has 4 aromatic rings. The lowest BCUT2D eigenvalue weighted by Gasteiger charge is -2.10. The number of aryl methyl sites for hydroxylation is 2. The number of tetrazole rings is 1. The van der Waals surface area contributed by atoms with Gasteiger partial charge < -0.3 is 5.32 Å². The van der Waals surface area contributed by atoms with Gasteiger partial charge in [-0.1, -0.05) is 36.0 Å². The Bertz CT molecular complexity index is 1200. The van der Waals surface area contributed by atoms with E-state index in [1.165, 1.54) is 11.8 Å². The number of amides is 1. The van der Waals surface area contributed by atoms with Crippen LogP contribution in [0.2, 0.25) is 0 Å². The zero-order chi connectivity index (χ0) is 21.1. The van der Waals surface area contributed by atoms with Gasteiger partial charge >= 0.3 is 0 Å². The molecule has 0 saturated carbocycles. The minimum Gasteiger partial charge on any atom is -0.325 e. The number of rotatable bonds is 6. The fourth-order valence-corrected chi connectivity index (χ4v) is 4.27. The summed E-state index contributed by atoms with van der Waals surface area (Å²) in [5.41, 5.74) is 5.79. The zero-order valence-electron chi connectivity index (χ0n) is 16.8. The van der Waals surface area contributed by atoms with Gasteiger partial charge in [0.05, 0.1) is 22.1 Å². The van der Waals surface area contributed by atoms with Crippen LogP contribution in [-0.4, -0.2) is 36.9 Å². The summed E-state index contributed by atoms with van der Waals surface area (Å²) < 4.78 is 1.67. The van der Waals surface area contributed by atoms with Crippen molar-refractivity contribution < 1.29 is 4.79 Å². The van der Waals surface area contributed by atoms with Crippen LogP contribution < -0.4 is 5.32 Å². The van der Waals surface area contributed by atoms with Crippen LogP contribution in [0.4, 0.5) is 5.69 Å². The van der Waals surface area contributed by atoms with E-state index in [1.54, 1.807) is 16.0 Å². The maximum absolute atomic E-state index is 12.5. The third-order valence-corrected chi connectivity index (χ3v) is 6.33. The molecule has 7 nitrogen and oxygen atoms in total. The molecule has 0 fully saturated rings. The van der Waals surface area contributed by atoms with Crippen LogP contribution in [0.3, 0.4) is 0 Å². The number of anilines is 1. The Labute approximate surface area is 182 Å². The Morgan fingerprint density at radius 2 is 2.00 bits per heavy atom. The highest BCUT2D eigenvalue weighted by Crippen LogP contribution is 2.25. The Kier molecular flexibility index (Phi) is 5.91. The first-order valence-electron chi connectivity index (χ1n) is 9.31. The van der Waals surface area contributed by atoms with Crippen LogP contribution in [0.5, 0.6) is 0 Å². The Morgan fingerprint density at radius 1 is 1.17 bits per heavy atom. The van der Waals surface area contributed by atoms with Crippen LogP contribution >= 0.6 is 23.1 Å². The number of hydrogen-bond acceptors (Lipinski definition) is 7. The first-order valence-corrected chi connectivity index (χ1v) is 11.2. The lowest BCUT2D eigenvalue weighted by atomic mass is 10.1. The van der Waals surface area contributed by atoms with E-state index in [9.17, 15) is 4.79 Å². The Hall–Kier alpha value is -3.04. The number of nitrogens with one attached hydrogen (secondary N) is 1. The maximum atomic E-state index is 12.5. The molecule has 30 heavy (non-hydrogen) atoms. The molecule has 2 heterocycles. The Morgan fingerprint density at radius 3 is 2.80 bits per heavy atom. The molecular weight excluding hydrogens is 416 g/mol. The SMILES string of the molecule is Cc1nc(-c2cccc(NC(=O)CSc3nnnn3-c3cccc(C)c3C)c2)cs1. The van der Waals surface area contributed by atoms with E-state index in [0.29, 0.717) is 5.16 Å². The van der Waals surface area contributed by atoms with Gasteiger partial charge in [0, 0.05) is 16.6 Å². The molecule has 0 bridgehead atoms. The predicted octanol–water partition coefficient (Wildman–Crippen LogP) is 4.44. The van der Waals surface area contributed by atoms with Crippen molar-refractivity contribution in [3.63, 3.8) is 0 Å². The lowest BCUT2D eigenvalue weighted by Crippen LogP contribution is -2.14. The van der Waals surface area contributed by atoms with E-state index < -0.39 is 0 Å². The topological polar surface area (TPSA) is 85.6 Å². The smallest absolute Gasteiger partial charge is 0.234 e. The molecule has 0 aliphatic rings. The summed E-state index contributed by atoms with van der Waals surface area (Å²) in [6.45, 7) is 6.05. The number of aromatic nitrogens is 5. The molecule has 1 N–H and O–H groups in total. The molecule has 2 aromatic carbocycles. The number of nitrogens with zero attached hydrogens (tertiary/aromatic N) is 5. The molecule has 9 heteroatoms. The summed E-state index contributed by atoms with van der Waals surface area (Å²) >= 11 is 2.90. The zero-order valence-corrected chi connectivity index (χ0v) is 18.4. The molecule has 0 spiro atoms. The van der Waals surface area contributed by atoms with Crippen molar-refractivity contribution in [1.82, 2.24) is 25.2 Å². The minimum absolute atomic E-state index is 0.123. The van der Waals surface area contributed by atoms with Crippen LogP contribution in [0.15, 0.2) is 53.0 Å². The van der Waals surface area contributed by atoms with Gasteiger partial charge in [-0.15, -0.1) is 16.4 Å². The van der Waals surface area contributed by atoms with E-state index in [0.717, 1.165) is 38.8 Å². The standard InChI is InChI=1S/C21H20N6OS2/c1-13-6-4-9-19(14(13)2)27-21(24-25-26-27)30-12-20(28)23-17-8-5-7-16(10-17)18-11-29-15(3)22-18/h4-11H,12H2,1-3H3,(H,23,28). The number of benzene rings is 2. The number of hydrogen-bond donors (Lipinski definition) is 1. The largest absolute Gasteiger partial charge is 0.325 e. The molecular formula is C21H20N6OS2. The van der Waals surface area contributed by atoms with Gasteiger partial charge in [-0.2, -0.15) is 4.68 Å². The van der Waals surface area contributed by atoms with Crippen LogP contribution in [0.25, 0.3) is 16.9 Å². The third-order valence-electron chi connectivity index (χ3n) is 4.64. The van der Waals surface area contributed by atoms with Crippen molar-refractivity contribution in [1.29, 1.82) is 0 Å². The maximum Gasteiger partial charge on any atom is 0.234 e. The second-order valence-electron chi connectivity index (χ2n) is 6.76. The molecule has 0 aliphatic carbocycles. The predicted molar refractivity (Wildman–Crippen MR) is 120 cm³/mol. The summed E-state index contributed by atoms with van der Waals surface area (Å²) in [6.07, 6.45) is 0. The second-order valence-corrected chi connectivity index (χ2v) is 8.77. The van der Waals surface area contributed by atoms with Gasteiger partial charge in [0.2, 0.25) is 11.1 Å². The molecule has 1 amide bonds. The van der Waals surface area contributed by atoms with Crippen molar-refractivity contribution >= 4 is 34.7 Å². The van der Waals surface area contributed by atoms with Crippen molar-refractivity contribution in [2.45, 2.75) is 25.9 Å². The first kappa shape index (κ1) is 20.2. The summed E-state index contributed by atoms with van der Waals surface area (Å²) in [6, 6.07) is 13.7. The second kappa shape index (κ2) is 8.76. The highest BCUT2D eigenvalue weighted by atomic mass is 32.2. The van der Waals surface area contributed by atoms with Gasteiger partial charge in [-0.25, -0.2) is 4.98 Å². The van der Waals surface area contributed by atoms with Gasteiger partial charge in [0.25, 0.3) is 0 Å². The van der Waals surface area contributed by atoms with Crippen LogP contribution in [0, 0.1) is 20.8 Å². The Balaban J connectivity index is 1.43. The first-order chi connectivity index (χ1) is 14.5. The number of thioether (sulfide) groups is 1. The van der Waals surface area contributed by atoms with Gasteiger partial charge in [-0.05, 0) is 60.5 Å². The molecule has 2 aromatic heterocycles. The summed E-state index contributed by atoms with van der Waals surface area (Å²) in [7, 11) is 0. The normalized spacial score (nSPS) is 10.9. The third kappa shape index (κ3) is 4.42. The van der Waals surface area contributed by atoms with E-state index in [-0.39, 0.29) is 11.7 Å². The fourth-order valence-electron chi connectivity index (χ4n) is 2.96. The van der Waals surface area contributed by atoms with E-state index in [2.05, 4.69) is 25.8 Å². The average molecular weight is 437 g/mol. The van der Waals surface area contributed by atoms with E-state index in [1.807, 2.05) is 68.6 Å². The quantitative estimate of drug-likeness (QED) is 0.450. The van der Waals surface area contributed by atoms with E-state index >= 15 is 0 Å². The van der Waals surface area contributed by atoms with Gasteiger partial charge in [0.1, 0.15) is 0 Å². The van der Waals surface area contributed by atoms with Crippen molar-refractivity contribution in [3.8, 4) is 16.9 Å². The molecule has 0 atom stereocenters. The van der Waals surface area contributed by atoms with E-state index in [4.69, 9.17) is 0 Å². The molecule has 0 radical (unpaired) electrons. The van der Waals surface area contributed by atoms with Crippen LogP contribution in [0.1, 0.15) is 16.1 Å². The summed E-state index contributed by atoms with van der Waals surface area (Å²) in [5.74, 6) is 0.0766. The lowest BCUT2D eigenvalue weighted by molar-refractivity contribution is -0.113. The summed E-state index contributed by atoms with van der Waals surface area (Å²) in [5, 5.41) is 18.5. The summed E-state index contributed by atoms with van der Waals surface area (Å²) in [4.78, 5) is 17.0. The van der Waals surface area contributed by atoms with Crippen molar-refractivity contribution in [2.75, 3.05) is 11.1 Å². The number of carbonyl (C=O) groups is 1. The molecule has 4 rings (SSSR count). The number of thiazole rings is 1. The van der Waals surface area contributed by atoms with Gasteiger partial charge in [-0.3, -0.25) is 4.79 Å². The molecule has 0 aliphatic heterocycles. The number of carbonyl (C=O) groups excluding carboxylic acids is 1. The highest BCUT2D eigenvalue weighted by molar-refractivity contribution is 7.99. The molecule has 0 saturated heterocycles. The molecule has 152 valence electrons. The monoisotopic (exact) mass is 436 g/mol.